The molecule has 0 bridgehead atoms. The molecule has 1 heterocycles. The van der Waals surface area contributed by atoms with Crippen LogP contribution in [0.15, 0.2) is 6.20 Å². The Labute approximate surface area is 115 Å². The van der Waals surface area contributed by atoms with E-state index in [1.54, 1.807) is 13.3 Å². The maximum Gasteiger partial charge on any atom is 0.0834 e. The molecule has 0 aliphatic carbocycles. The molecule has 0 radical (unpaired) electrons. The van der Waals surface area contributed by atoms with Crippen molar-refractivity contribution in [2.75, 3.05) is 14.2 Å². The quantitative estimate of drug-likeness (QED) is 0.865. The summed E-state index contributed by atoms with van der Waals surface area (Å²) >= 11 is 6.27. The lowest BCUT2D eigenvalue weighted by molar-refractivity contribution is 0.00667. The third kappa shape index (κ3) is 3.46. The summed E-state index contributed by atoms with van der Waals surface area (Å²) in [6.45, 7) is 8.34. The number of methoxy groups -OCH3 is 1. The molecule has 0 saturated carbocycles. The zero-order valence-corrected chi connectivity index (χ0v) is 12.9. The van der Waals surface area contributed by atoms with Gasteiger partial charge in [0.05, 0.1) is 28.6 Å². The van der Waals surface area contributed by atoms with E-state index >= 15 is 0 Å². The predicted octanol–water partition coefficient (Wildman–Crippen LogP) is 3.19. The summed E-state index contributed by atoms with van der Waals surface area (Å²) in [4.78, 5) is 0. The Morgan fingerprint density at radius 2 is 2.11 bits per heavy atom. The van der Waals surface area contributed by atoms with E-state index in [0.29, 0.717) is 5.02 Å². The van der Waals surface area contributed by atoms with E-state index in [1.165, 1.54) is 0 Å². The first kappa shape index (κ1) is 15.5. The molecule has 1 rings (SSSR count). The average molecular weight is 274 g/mol. The van der Waals surface area contributed by atoms with Gasteiger partial charge in [-0.25, -0.2) is 0 Å². The highest BCUT2D eigenvalue weighted by molar-refractivity contribution is 6.31. The molecule has 1 aromatic rings. The third-order valence-corrected chi connectivity index (χ3v) is 3.49. The summed E-state index contributed by atoms with van der Waals surface area (Å²) in [5.41, 5.74) is 0.822. The number of ether oxygens (including phenoxy) is 1. The van der Waals surface area contributed by atoms with Crippen LogP contribution < -0.4 is 5.32 Å². The largest absolute Gasteiger partial charge is 0.379 e. The highest BCUT2D eigenvalue weighted by Gasteiger charge is 2.27. The van der Waals surface area contributed by atoms with Crippen molar-refractivity contribution in [2.45, 2.75) is 51.8 Å². The zero-order valence-electron chi connectivity index (χ0n) is 12.1. The predicted molar refractivity (Wildman–Crippen MR) is 75.1 cm³/mol. The minimum absolute atomic E-state index is 0.123. The maximum absolute atomic E-state index is 6.27. The van der Waals surface area contributed by atoms with E-state index in [9.17, 15) is 0 Å². The number of halogens is 1. The van der Waals surface area contributed by atoms with Crippen molar-refractivity contribution in [2.24, 2.45) is 0 Å². The van der Waals surface area contributed by atoms with Gasteiger partial charge in [0.2, 0.25) is 0 Å². The summed E-state index contributed by atoms with van der Waals surface area (Å²) in [6.07, 6.45) is 2.54. The van der Waals surface area contributed by atoms with E-state index in [4.69, 9.17) is 16.3 Å². The van der Waals surface area contributed by atoms with Gasteiger partial charge < -0.3 is 10.1 Å². The van der Waals surface area contributed by atoms with Gasteiger partial charge in [0, 0.05) is 13.2 Å². The van der Waals surface area contributed by atoms with Gasteiger partial charge in [0.15, 0.2) is 0 Å². The molecule has 104 valence electrons. The Bertz CT molecular complexity index is 388. The molecule has 1 unspecified atom stereocenters. The van der Waals surface area contributed by atoms with Gasteiger partial charge in [-0.15, -0.1) is 0 Å². The smallest absolute Gasteiger partial charge is 0.0834 e. The number of hydrogen-bond donors (Lipinski definition) is 1. The molecule has 1 atom stereocenters. The highest BCUT2D eigenvalue weighted by atomic mass is 35.5. The maximum atomic E-state index is 6.27. The monoisotopic (exact) mass is 273 g/mol. The molecule has 4 nitrogen and oxygen atoms in total. The van der Waals surface area contributed by atoms with Crippen LogP contribution in [-0.4, -0.2) is 29.5 Å². The number of nitrogens with zero attached hydrogens (tertiary/aromatic N) is 2. The van der Waals surface area contributed by atoms with Crippen LogP contribution in [0.2, 0.25) is 5.02 Å². The van der Waals surface area contributed by atoms with E-state index < -0.39 is 0 Å². The van der Waals surface area contributed by atoms with Crippen LogP contribution in [-0.2, 0) is 4.74 Å². The van der Waals surface area contributed by atoms with Crippen molar-refractivity contribution < 1.29 is 4.74 Å². The molecule has 0 aliphatic heterocycles. The van der Waals surface area contributed by atoms with Gasteiger partial charge in [-0.05, 0) is 41.2 Å². The Kier molecular flexibility index (Phi) is 5.20. The molecule has 0 fully saturated rings. The lowest BCUT2D eigenvalue weighted by Crippen LogP contribution is -2.32. The van der Waals surface area contributed by atoms with Gasteiger partial charge in [-0.1, -0.05) is 11.6 Å². The summed E-state index contributed by atoms with van der Waals surface area (Å²) in [6, 6.07) is 0.409. The first-order chi connectivity index (χ1) is 8.32. The first-order valence-corrected chi connectivity index (χ1v) is 6.65. The highest BCUT2D eigenvalue weighted by Crippen LogP contribution is 2.31. The molecule has 5 heteroatoms. The molecular formula is C13H24ClN3O. The van der Waals surface area contributed by atoms with Crippen LogP contribution >= 0.6 is 11.6 Å². The zero-order chi connectivity index (χ0) is 13.9. The minimum atomic E-state index is -0.205. The first-order valence-electron chi connectivity index (χ1n) is 6.27. The second kappa shape index (κ2) is 6.04. The summed E-state index contributed by atoms with van der Waals surface area (Å²) < 4.78 is 7.46. The molecule has 0 aromatic carbocycles. The van der Waals surface area contributed by atoms with Crippen LogP contribution in [0.25, 0.3) is 0 Å². The number of rotatable bonds is 6. The average Bonchev–Trinajstić information content (AvgIpc) is 2.68. The lowest BCUT2D eigenvalue weighted by atomic mass is 9.96. The summed E-state index contributed by atoms with van der Waals surface area (Å²) in [5.74, 6) is 0. The van der Waals surface area contributed by atoms with Crippen LogP contribution in [0.1, 0.15) is 51.9 Å². The molecular weight excluding hydrogens is 250 g/mol. The van der Waals surface area contributed by atoms with Crippen molar-refractivity contribution in [3.8, 4) is 0 Å². The third-order valence-electron chi connectivity index (χ3n) is 3.20. The fraction of sp³-hybridized carbons (Fsp3) is 0.769. The molecule has 0 saturated heterocycles. The molecule has 0 amide bonds. The topological polar surface area (TPSA) is 39.1 Å². The van der Waals surface area contributed by atoms with Crippen molar-refractivity contribution in [3.05, 3.63) is 16.9 Å². The van der Waals surface area contributed by atoms with E-state index in [0.717, 1.165) is 12.1 Å². The van der Waals surface area contributed by atoms with Crippen LogP contribution in [0.3, 0.4) is 0 Å². The Balaban J connectivity index is 3.05. The standard InChI is InChI=1S/C13H24ClN3O/c1-9(2)17-12(10(14)8-16-17)11(15-5)7-13(3,4)18-6/h8-9,11,15H,7H2,1-6H3. The Morgan fingerprint density at radius 1 is 1.50 bits per heavy atom. The molecule has 1 aromatic heterocycles. The number of nitrogens with one attached hydrogen (secondary N) is 1. The van der Waals surface area contributed by atoms with Gasteiger partial charge in [-0.2, -0.15) is 5.10 Å². The van der Waals surface area contributed by atoms with Gasteiger partial charge >= 0.3 is 0 Å². The van der Waals surface area contributed by atoms with E-state index in [2.05, 4.69) is 38.1 Å². The van der Waals surface area contributed by atoms with Crippen molar-refractivity contribution >= 4 is 11.6 Å². The number of hydrogen-bond acceptors (Lipinski definition) is 3. The van der Waals surface area contributed by atoms with Crippen LogP contribution in [0.4, 0.5) is 0 Å². The van der Waals surface area contributed by atoms with Gasteiger partial charge in [0.25, 0.3) is 0 Å². The molecule has 0 spiro atoms. The second-order valence-corrected chi connectivity index (χ2v) is 5.83. The van der Waals surface area contributed by atoms with Gasteiger partial charge in [0.1, 0.15) is 0 Å². The SMILES string of the molecule is CNC(CC(C)(C)OC)c1c(Cl)cnn1C(C)C. The fourth-order valence-electron chi connectivity index (χ4n) is 2.00. The number of aromatic nitrogens is 2. The fourth-order valence-corrected chi connectivity index (χ4v) is 2.26. The normalized spacial score (nSPS) is 14.2. The molecule has 1 N–H and O–H groups in total. The summed E-state index contributed by atoms with van der Waals surface area (Å²) in [5, 5.41) is 8.35. The lowest BCUT2D eigenvalue weighted by Gasteiger charge is -2.29. The van der Waals surface area contributed by atoms with Crippen LogP contribution in [0.5, 0.6) is 0 Å². The van der Waals surface area contributed by atoms with Crippen molar-refractivity contribution in [3.63, 3.8) is 0 Å². The summed E-state index contributed by atoms with van der Waals surface area (Å²) in [7, 11) is 3.67. The molecule has 18 heavy (non-hydrogen) atoms. The Morgan fingerprint density at radius 3 is 2.56 bits per heavy atom. The van der Waals surface area contributed by atoms with Crippen molar-refractivity contribution in [1.29, 1.82) is 0 Å². The second-order valence-electron chi connectivity index (χ2n) is 5.43. The van der Waals surface area contributed by atoms with Crippen molar-refractivity contribution in [1.82, 2.24) is 15.1 Å². The van der Waals surface area contributed by atoms with E-state index in [1.807, 2.05) is 11.7 Å². The van der Waals surface area contributed by atoms with Crippen LogP contribution in [0, 0.1) is 0 Å². The Hall–Kier alpha value is -0.580. The van der Waals surface area contributed by atoms with Gasteiger partial charge in [-0.3, -0.25) is 4.68 Å². The van der Waals surface area contributed by atoms with E-state index in [-0.39, 0.29) is 17.7 Å². The minimum Gasteiger partial charge on any atom is -0.379 e. The molecule has 0 aliphatic rings.